The Hall–Kier alpha value is -0.610. The molecule has 0 bridgehead atoms. The van der Waals surface area contributed by atoms with Gasteiger partial charge in [0.05, 0.1) is 12.6 Å². The molecule has 4 heteroatoms. The molecule has 0 aromatic rings. The van der Waals surface area contributed by atoms with E-state index in [-0.39, 0.29) is 5.91 Å². The van der Waals surface area contributed by atoms with Crippen molar-refractivity contribution in [2.45, 2.75) is 46.1 Å². The molecular weight excluding hydrogens is 228 g/mol. The minimum Gasteiger partial charge on any atom is -0.379 e. The molecule has 106 valence electrons. The van der Waals surface area contributed by atoms with Crippen LogP contribution in [0.5, 0.6) is 0 Å². The van der Waals surface area contributed by atoms with E-state index in [9.17, 15) is 4.79 Å². The van der Waals surface area contributed by atoms with Crippen LogP contribution >= 0.6 is 0 Å². The summed E-state index contributed by atoms with van der Waals surface area (Å²) in [6, 6.07) is 0. The zero-order valence-electron chi connectivity index (χ0n) is 12.1. The van der Waals surface area contributed by atoms with E-state index >= 15 is 0 Å². The molecule has 0 radical (unpaired) electrons. The summed E-state index contributed by atoms with van der Waals surface area (Å²) in [5.41, 5.74) is 0. The molecule has 0 aromatic carbocycles. The fourth-order valence-corrected chi connectivity index (χ4v) is 2.36. The molecule has 4 nitrogen and oxygen atoms in total. The van der Waals surface area contributed by atoms with E-state index < -0.39 is 0 Å². The van der Waals surface area contributed by atoms with Gasteiger partial charge in [0.15, 0.2) is 0 Å². The smallest absolute Gasteiger partial charge is 0.234 e. The number of hydrogen-bond donors (Lipinski definition) is 1. The van der Waals surface area contributed by atoms with Gasteiger partial charge in [0.1, 0.15) is 0 Å². The standard InChI is InChI=1S/C14H28N2O2/c1-4-15-14(17)11-16-8-5-13(6-9-16)7-10-18-12(2)3/h12-13H,4-11H2,1-3H3,(H,15,17). The van der Waals surface area contributed by atoms with Gasteiger partial charge in [0.25, 0.3) is 0 Å². The Balaban J connectivity index is 2.10. The summed E-state index contributed by atoms with van der Waals surface area (Å²) in [6.45, 7) is 10.4. The minimum atomic E-state index is 0.152. The van der Waals surface area contributed by atoms with E-state index in [1.807, 2.05) is 6.92 Å². The Labute approximate surface area is 111 Å². The van der Waals surface area contributed by atoms with Crippen LogP contribution in [0.2, 0.25) is 0 Å². The number of nitrogens with one attached hydrogen (secondary N) is 1. The third kappa shape index (κ3) is 6.36. The zero-order chi connectivity index (χ0) is 13.4. The summed E-state index contributed by atoms with van der Waals surface area (Å²) in [6.07, 6.45) is 3.89. The van der Waals surface area contributed by atoms with Crippen LogP contribution in [0.4, 0.5) is 0 Å². The van der Waals surface area contributed by atoms with Crippen LogP contribution in [0.15, 0.2) is 0 Å². The number of hydrogen-bond acceptors (Lipinski definition) is 3. The number of likely N-dealkylation sites (tertiary alicyclic amines) is 1. The van der Waals surface area contributed by atoms with Crippen molar-refractivity contribution >= 4 is 5.91 Å². The monoisotopic (exact) mass is 256 g/mol. The first kappa shape index (κ1) is 15.4. The summed E-state index contributed by atoms with van der Waals surface area (Å²) >= 11 is 0. The Morgan fingerprint density at radius 3 is 2.61 bits per heavy atom. The predicted octanol–water partition coefficient (Wildman–Crippen LogP) is 1.65. The minimum absolute atomic E-state index is 0.152. The van der Waals surface area contributed by atoms with Gasteiger partial charge in [-0.05, 0) is 59.0 Å². The molecule has 1 saturated heterocycles. The van der Waals surface area contributed by atoms with Gasteiger partial charge in [-0.25, -0.2) is 0 Å². The first-order chi connectivity index (χ1) is 8.61. The molecule has 18 heavy (non-hydrogen) atoms. The van der Waals surface area contributed by atoms with E-state index in [2.05, 4.69) is 24.1 Å². The number of piperidine rings is 1. The number of ether oxygens (including phenoxy) is 1. The van der Waals surface area contributed by atoms with E-state index in [4.69, 9.17) is 4.74 Å². The first-order valence-corrected chi connectivity index (χ1v) is 7.22. The van der Waals surface area contributed by atoms with Crippen molar-refractivity contribution in [3.63, 3.8) is 0 Å². The molecule has 1 rings (SSSR count). The first-order valence-electron chi connectivity index (χ1n) is 7.22. The molecule has 1 fully saturated rings. The molecule has 0 unspecified atom stereocenters. The number of nitrogens with zero attached hydrogens (tertiary/aromatic N) is 1. The summed E-state index contributed by atoms with van der Waals surface area (Å²) in [4.78, 5) is 13.7. The van der Waals surface area contributed by atoms with E-state index in [0.717, 1.165) is 38.6 Å². The summed E-state index contributed by atoms with van der Waals surface area (Å²) in [5, 5.41) is 2.85. The summed E-state index contributed by atoms with van der Waals surface area (Å²) in [5.74, 6) is 0.924. The fourth-order valence-electron chi connectivity index (χ4n) is 2.36. The van der Waals surface area contributed by atoms with Gasteiger partial charge in [-0.2, -0.15) is 0 Å². The molecule has 0 saturated carbocycles. The van der Waals surface area contributed by atoms with Crippen molar-refractivity contribution in [3.8, 4) is 0 Å². The summed E-state index contributed by atoms with van der Waals surface area (Å²) < 4.78 is 5.59. The Morgan fingerprint density at radius 1 is 1.39 bits per heavy atom. The molecule has 1 aliphatic rings. The van der Waals surface area contributed by atoms with E-state index in [1.165, 1.54) is 12.8 Å². The van der Waals surface area contributed by atoms with Gasteiger partial charge >= 0.3 is 0 Å². The van der Waals surface area contributed by atoms with Gasteiger partial charge < -0.3 is 10.1 Å². The van der Waals surface area contributed by atoms with Crippen molar-refractivity contribution in [1.29, 1.82) is 0 Å². The lowest BCUT2D eigenvalue weighted by Crippen LogP contribution is -2.41. The quantitative estimate of drug-likeness (QED) is 0.753. The van der Waals surface area contributed by atoms with Crippen LogP contribution in [0.1, 0.15) is 40.0 Å². The van der Waals surface area contributed by atoms with Gasteiger partial charge in [0.2, 0.25) is 5.91 Å². The number of carbonyl (C=O) groups excluding carboxylic acids is 1. The SMILES string of the molecule is CCNC(=O)CN1CCC(CCOC(C)C)CC1. The summed E-state index contributed by atoms with van der Waals surface area (Å²) in [7, 11) is 0. The van der Waals surface area contributed by atoms with Gasteiger partial charge in [-0.1, -0.05) is 0 Å². The normalized spacial score (nSPS) is 18.2. The van der Waals surface area contributed by atoms with Crippen LogP contribution in [0.3, 0.4) is 0 Å². The largest absolute Gasteiger partial charge is 0.379 e. The second-order valence-corrected chi connectivity index (χ2v) is 5.38. The van der Waals surface area contributed by atoms with Crippen molar-refractivity contribution in [2.75, 3.05) is 32.8 Å². The maximum atomic E-state index is 11.5. The highest BCUT2D eigenvalue weighted by Crippen LogP contribution is 2.20. The maximum Gasteiger partial charge on any atom is 0.234 e. The highest BCUT2D eigenvalue weighted by Gasteiger charge is 2.20. The maximum absolute atomic E-state index is 11.5. The Bertz CT molecular complexity index is 236. The Kier molecular flexibility index (Phi) is 7.28. The lowest BCUT2D eigenvalue weighted by molar-refractivity contribution is -0.122. The molecule has 1 amide bonds. The predicted molar refractivity (Wildman–Crippen MR) is 73.6 cm³/mol. The van der Waals surface area contributed by atoms with E-state index in [1.54, 1.807) is 0 Å². The zero-order valence-corrected chi connectivity index (χ0v) is 12.1. The molecule has 0 aromatic heterocycles. The second-order valence-electron chi connectivity index (χ2n) is 5.38. The molecule has 1 heterocycles. The number of carbonyl (C=O) groups is 1. The number of amides is 1. The highest BCUT2D eigenvalue weighted by molar-refractivity contribution is 5.77. The lowest BCUT2D eigenvalue weighted by atomic mass is 9.94. The van der Waals surface area contributed by atoms with Crippen LogP contribution < -0.4 is 5.32 Å². The lowest BCUT2D eigenvalue weighted by Gasteiger charge is -2.31. The topological polar surface area (TPSA) is 41.6 Å². The van der Waals surface area contributed by atoms with Crippen LogP contribution in [-0.2, 0) is 9.53 Å². The fraction of sp³-hybridized carbons (Fsp3) is 0.929. The Morgan fingerprint density at radius 2 is 2.06 bits per heavy atom. The molecule has 1 aliphatic heterocycles. The molecule has 1 N–H and O–H groups in total. The number of rotatable bonds is 7. The number of likely N-dealkylation sites (N-methyl/N-ethyl adjacent to an activating group) is 1. The third-order valence-electron chi connectivity index (χ3n) is 3.43. The second kappa shape index (κ2) is 8.48. The van der Waals surface area contributed by atoms with Crippen molar-refractivity contribution in [1.82, 2.24) is 10.2 Å². The molecule has 0 spiro atoms. The molecular formula is C14H28N2O2. The van der Waals surface area contributed by atoms with Gasteiger partial charge in [-0.15, -0.1) is 0 Å². The molecule has 0 aliphatic carbocycles. The third-order valence-corrected chi connectivity index (χ3v) is 3.43. The van der Waals surface area contributed by atoms with Crippen LogP contribution in [-0.4, -0.2) is 49.7 Å². The highest BCUT2D eigenvalue weighted by atomic mass is 16.5. The van der Waals surface area contributed by atoms with Crippen LogP contribution in [0.25, 0.3) is 0 Å². The van der Waals surface area contributed by atoms with E-state index in [0.29, 0.717) is 12.6 Å². The van der Waals surface area contributed by atoms with Crippen molar-refractivity contribution in [2.24, 2.45) is 5.92 Å². The van der Waals surface area contributed by atoms with Crippen LogP contribution in [0, 0.1) is 5.92 Å². The van der Waals surface area contributed by atoms with Gasteiger partial charge in [0, 0.05) is 13.2 Å². The average molecular weight is 256 g/mol. The van der Waals surface area contributed by atoms with Gasteiger partial charge in [-0.3, -0.25) is 9.69 Å². The van der Waals surface area contributed by atoms with Crippen molar-refractivity contribution in [3.05, 3.63) is 0 Å². The van der Waals surface area contributed by atoms with Crippen molar-refractivity contribution < 1.29 is 9.53 Å². The average Bonchev–Trinajstić information content (AvgIpc) is 2.31. The molecule has 0 atom stereocenters.